The summed E-state index contributed by atoms with van der Waals surface area (Å²) in [6.45, 7) is 0. The molecule has 0 heterocycles. The van der Waals surface area contributed by atoms with E-state index in [2.05, 4.69) is 0 Å². The second-order valence-electron chi connectivity index (χ2n) is 3.18. The van der Waals surface area contributed by atoms with E-state index in [-0.39, 0.29) is 0 Å². The van der Waals surface area contributed by atoms with Gasteiger partial charge in [-0.3, -0.25) is 4.79 Å². The Morgan fingerprint density at radius 2 is 1.65 bits per heavy atom. The van der Waals surface area contributed by atoms with E-state index in [1.54, 1.807) is 25.3 Å². The Morgan fingerprint density at radius 3 is 2.00 bits per heavy atom. The van der Waals surface area contributed by atoms with E-state index >= 15 is 0 Å². The van der Waals surface area contributed by atoms with E-state index in [1.165, 1.54) is 20.3 Å². The van der Waals surface area contributed by atoms with Gasteiger partial charge in [0.2, 0.25) is 5.91 Å². The quantitative estimate of drug-likeness (QED) is 0.781. The number of benzene rings is 1. The molecule has 5 nitrogen and oxygen atoms in total. The number of amides is 1. The fourth-order valence-corrected chi connectivity index (χ4v) is 1.36. The van der Waals surface area contributed by atoms with Crippen LogP contribution in [0.1, 0.15) is 5.56 Å². The number of hydrogen-bond donors (Lipinski definition) is 1. The minimum atomic E-state index is -0.537. The van der Waals surface area contributed by atoms with Crippen LogP contribution in [0.5, 0.6) is 17.2 Å². The minimum absolute atomic E-state index is 0.537. The van der Waals surface area contributed by atoms with Gasteiger partial charge in [0.1, 0.15) is 17.2 Å². The summed E-state index contributed by atoms with van der Waals surface area (Å²) in [6.07, 6.45) is 2.78. The molecule has 0 atom stereocenters. The molecular weight excluding hydrogens is 222 g/mol. The third-order valence-corrected chi connectivity index (χ3v) is 2.17. The lowest BCUT2D eigenvalue weighted by Crippen LogP contribution is -2.05. The smallest absolute Gasteiger partial charge is 0.241 e. The van der Waals surface area contributed by atoms with Crippen molar-refractivity contribution in [3.05, 3.63) is 23.8 Å². The van der Waals surface area contributed by atoms with Crippen molar-refractivity contribution < 1.29 is 19.0 Å². The van der Waals surface area contributed by atoms with Crippen LogP contribution in [-0.4, -0.2) is 27.2 Å². The fraction of sp³-hybridized carbons (Fsp3) is 0.250. The van der Waals surface area contributed by atoms with Gasteiger partial charge in [0.05, 0.1) is 26.9 Å². The standard InChI is InChI=1S/C12H15NO4/c1-15-8-6-10(16-2)9(4-5-12(13)14)11(7-8)17-3/h4-7H,1-3H3,(H2,13,14)/b5-4+. The lowest BCUT2D eigenvalue weighted by atomic mass is 10.1. The van der Waals surface area contributed by atoms with E-state index in [9.17, 15) is 4.79 Å². The molecule has 0 aliphatic carbocycles. The lowest BCUT2D eigenvalue weighted by Gasteiger charge is -2.12. The predicted octanol–water partition coefficient (Wildman–Crippen LogP) is 1.21. The molecule has 0 saturated carbocycles. The first-order valence-corrected chi connectivity index (χ1v) is 4.90. The normalized spacial score (nSPS) is 10.3. The molecule has 0 aliphatic rings. The maximum atomic E-state index is 10.7. The molecule has 1 aromatic carbocycles. The van der Waals surface area contributed by atoms with Gasteiger partial charge in [0.25, 0.3) is 0 Å². The van der Waals surface area contributed by atoms with Gasteiger partial charge in [-0.2, -0.15) is 0 Å². The molecule has 0 unspecified atom stereocenters. The Hall–Kier alpha value is -2.17. The topological polar surface area (TPSA) is 70.8 Å². The van der Waals surface area contributed by atoms with Crippen LogP contribution in [0.3, 0.4) is 0 Å². The number of carbonyl (C=O) groups is 1. The van der Waals surface area contributed by atoms with Crippen molar-refractivity contribution in [1.29, 1.82) is 0 Å². The third kappa shape index (κ3) is 3.14. The van der Waals surface area contributed by atoms with Crippen LogP contribution in [0.25, 0.3) is 6.08 Å². The van der Waals surface area contributed by atoms with E-state index in [4.69, 9.17) is 19.9 Å². The van der Waals surface area contributed by atoms with Gasteiger partial charge >= 0.3 is 0 Å². The highest BCUT2D eigenvalue weighted by Gasteiger charge is 2.10. The molecule has 0 saturated heterocycles. The zero-order valence-electron chi connectivity index (χ0n) is 10.0. The summed E-state index contributed by atoms with van der Waals surface area (Å²) < 4.78 is 15.5. The summed E-state index contributed by atoms with van der Waals surface area (Å²) in [7, 11) is 4.60. The summed E-state index contributed by atoms with van der Waals surface area (Å²) in [6, 6.07) is 3.40. The highest BCUT2D eigenvalue weighted by Crippen LogP contribution is 2.34. The van der Waals surface area contributed by atoms with E-state index in [1.807, 2.05) is 0 Å². The van der Waals surface area contributed by atoms with E-state index in [0.29, 0.717) is 22.8 Å². The first kappa shape index (κ1) is 12.9. The van der Waals surface area contributed by atoms with E-state index in [0.717, 1.165) is 0 Å². The zero-order chi connectivity index (χ0) is 12.8. The molecule has 1 aromatic rings. The molecule has 5 heteroatoms. The van der Waals surface area contributed by atoms with Gasteiger partial charge in [-0.25, -0.2) is 0 Å². The highest BCUT2D eigenvalue weighted by molar-refractivity contribution is 5.91. The van der Waals surface area contributed by atoms with Crippen molar-refractivity contribution in [3.8, 4) is 17.2 Å². The Balaban J connectivity index is 3.29. The molecule has 0 aliphatic heterocycles. The minimum Gasteiger partial charge on any atom is -0.496 e. The zero-order valence-corrected chi connectivity index (χ0v) is 10.0. The van der Waals surface area contributed by atoms with Crippen molar-refractivity contribution in [1.82, 2.24) is 0 Å². The van der Waals surface area contributed by atoms with Crippen LogP contribution in [0.4, 0.5) is 0 Å². The van der Waals surface area contributed by atoms with Gasteiger partial charge in [-0.05, 0) is 6.08 Å². The Labute approximate surface area is 99.8 Å². The van der Waals surface area contributed by atoms with Gasteiger partial charge in [0, 0.05) is 18.2 Å². The first-order valence-electron chi connectivity index (χ1n) is 4.90. The van der Waals surface area contributed by atoms with Gasteiger partial charge in [-0.1, -0.05) is 0 Å². The maximum Gasteiger partial charge on any atom is 0.241 e. The van der Waals surface area contributed by atoms with Crippen molar-refractivity contribution in [3.63, 3.8) is 0 Å². The Kier molecular flexibility index (Phi) is 4.39. The average Bonchev–Trinajstić information content (AvgIpc) is 2.34. The molecule has 0 aromatic heterocycles. The molecule has 0 spiro atoms. The second kappa shape index (κ2) is 5.79. The second-order valence-corrected chi connectivity index (χ2v) is 3.18. The van der Waals surface area contributed by atoms with Crippen LogP contribution in [0.15, 0.2) is 18.2 Å². The molecule has 1 rings (SSSR count). The molecule has 0 radical (unpaired) electrons. The molecule has 1 amide bonds. The lowest BCUT2D eigenvalue weighted by molar-refractivity contribution is -0.113. The number of hydrogen-bond acceptors (Lipinski definition) is 4. The Bertz CT molecular complexity index is 415. The Morgan fingerprint density at radius 1 is 1.12 bits per heavy atom. The highest BCUT2D eigenvalue weighted by atomic mass is 16.5. The van der Waals surface area contributed by atoms with Crippen LogP contribution in [0.2, 0.25) is 0 Å². The predicted molar refractivity (Wildman–Crippen MR) is 64.3 cm³/mol. The first-order chi connectivity index (χ1) is 8.12. The summed E-state index contributed by atoms with van der Waals surface area (Å²) in [4.78, 5) is 10.7. The van der Waals surface area contributed by atoms with Crippen molar-refractivity contribution >= 4 is 12.0 Å². The number of rotatable bonds is 5. The third-order valence-electron chi connectivity index (χ3n) is 2.17. The molecule has 0 bridgehead atoms. The molecule has 2 N–H and O–H groups in total. The summed E-state index contributed by atoms with van der Waals surface area (Å²) in [5, 5.41) is 0. The number of ether oxygens (including phenoxy) is 3. The summed E-state index contributed by atoms with van der Waals surface area (Å²) in [5.41, 5.74) is 5.68. The summed E-state index contributed by atoms with van der Waals surface area (Å²) >= 11 is 0. The van der Waals surface area contributed by atoms with Crippen molar-refractivity contribution in [2.24, 2.45) is 5.73 Å². The van der Waals surface area contributed by atoms with Gasteiger partial charge in [0.15, 0.2) is 0 Å². The van der Waals surface area contributed by atoms with Crippen LogP contribution in [-0.2, 0) is 4.79 Å². The fourth-order valence-electron chi connectivity index (χ4n) is 1.36. The average molecular weight is 237 g/mol. The number of nitrogens with two attached hydrogens (primary N) is 1. The SMILES string of the molecule is COc1cc(OC)c(/C=C/C(N)=O)c(OC)c1. The monoisotopic (exact) mass is 237 g/mol. The van der Waals surface area contributed by atoms with Gasteiger partial charge < -0.3 is 19.9 Å². The number of carbonyl (C=O) groups excluding carboxylic acids is 1. The largest absolute Gasteiger partial charge is 0.496 e. The van der Waals surface area contributed by atoms with Gasteiger partial charge in [-0.15, -0.1) is 0 Å². The van der Waals surface area contributed by atoms with Crippen LogP contribution in [0, 0.1) is 0 Å². The molecule has 0 fully saturated rings. The number of methoxy groups -OCH3 is 3. The van der Waals surface area contributed by atoms with Crippen LogP contribution < -0.4 is 19.9 Å². The van der Waals surface area contributed by atoms with E-state index < -0.39 is 5.91 Å². The molecular formula is C12H15NO4. The van der Waals surface area contributed by atoms with Crippen molar-refractivity contribution in [2.45, 2.75) is 0 Å². The number of primary amides is 1. The van der Waals surface area contributed by atoms with Crippen LogP contribution >= 0.6 is 0 Å². The molecule has 92 valence electrons. The summed E-state index contributed by atoms with van der Waals surface area (Å²) in [5.74, 6) is 1.15. The van der Waals surface area contributed by atoms with Crippen molar-refractivity contribution in [2.75, 3.05) is 21.3 Å². The molecule has 17 heavy (non-hydrogen) atoms. The maximum absolute atomic E-state index is 10.7.